The molecule has 3 nitrogen and oxygen atoms in total. The number of nitrogens with zero attached hydrogens (tertiary/aromatic N) is 1. The van der Waals surface area contributed by atoms with E-state index in [9.17, 15) is 0 Å². The summed E-state index contributed by atoms with van der Waals surface area (Å²) in [4.78, 5) is 2.25. The minimum atomic E-state index is -0.180. The topological polar surface area (TPSA) is 21.7 Å². The highest BCUT2D eigenvalue weighted by molar-refractivity contribution is 4.86. The zero-order valence-electron chi connectivity index (χ0n) is 8.58. The van der Waals surface area contributed by atoms with Crippen LogP contribution in [0.25, 0.3) is 0 Å². The molecule has 1 spiro atoms. The van der Waals surface area contributed by atoms with E-state index < -0.39 is 0 Å². The van der Waals surface area contributed by atoms with E-state index >= 15 is 0 Å². The van der Waals surface area contributed by atoms with Crippen LogP contribution in [0.3, 0.4) is 0 Å². The second kappa shape index (κ2) is 3.56. The maximum atomic E-state index is 5.67. The van der Waals surface area contributed by atoms with Crippen molar-refractivity contribution in [3.63, 3.8) is 0 Å². The van der Waals surface area contributed by atoms with E-state index in [0.29, 0.717) is 0 Å². The highest BCUT2D eigenvalue weighted by atomic mass is 16.7. The fraction of sp³-hybridized carbons (Fsp3) is 1.00. The highest BCUT2D eigenvalue weighted by Crippen LogP contribution is 2.40. The Hall–Kier alpha value is -0.120. The van der Waals surface area contributed by atoms with Gasteiger partial charge >= 0.3 is 0 Å². The second-order valence-electron chi connectivity index (χ2n) is 4.48. The van der Waals surface area contributed by atoms with Crippen LogP contribution in [0.4, 0.5) is 0 Å². The van der Waals surface area contributed by atoms with Gasteiger partial charge in [0.15, 0.2) is 5.79 Å². The molecule has 1 aliphatic heterocycles. The minimum absolute atomic E-state index is 0.180. The van der Waals surface area contributed by atoms with E-state index in [-0.39, 0.29) is 5.79 Å². The van der Waals surface area contributed by atoms with E-state index in [1.165, 1.54) is 6.42 Å². The Morgan fingerprint density at radius 3 is 2.62 bits per heavy atom. The summed E-state index contributed by atoms with van der Waals surface area (Å²) in [6.07, 6.45) is 3.43. The maximum Gasteiger partial charge on any atom is 0.168 e. The molecular weight excluding hydrogens is 166 g/mol. The molecule has 3 heteroatoms. The third-order valence-corrected chi connectivity index (χ3v) is 2.97. The van der Waals surface area contributed by atoms with Gasteiger partial charge in [0.05, 0.1) is 13.2 Å². The van der Waals surface area contributed by atoms with Gasteiger partial charge in [0, 0.05) is 19.4 Å². The number of ether oxygens (including phenoxy) is 2. The van der Waals surface area contributed by atoms with Crippen molar-refractivity contribution in [3.05, 3.63) is 0 Å². The Kier molecular flexibility index (Phi) is 2.58. The first-order chi connectivity index (χ1) is 6.20. The summed E-state index contributed by atoms with van der Waals surface area (Å²) < 4.78 is 11.3. The Morgan fingerprint density at radius 2 is 2.00 bits per heavy atom. The third kappa shape index (κ3) is 2.03. The number of rotatable bonds is 2. The first kappa shape index (κ1) is 9.44. The van der Waals surface area contributed by atoms with E-state index in [0.717, 1.165) is 38.5 Å². The summed E-state index contributed by atoms with van der Waals surface area (Å²) in [7, 11) is 4.25. The van der Waals surface area contributed by atoms with Crippen molar-refractivity contribution in [1.29, 1.82) is 0 Å². The standard InChI is InChI=1S/C10H19NO2/c1-11(2)8-9-3-4-10(7-9)12-5-6-13-10/h9H,3-8H2,1-2H3. The molecule has 1 aliphatic carbocycles. The summed E-state index contributed by atoms with van der Waals surface area (Å²) in [6, 6.07) is 0. The number of hydrogen-bond acceptors (Lipinski definition) is 3. The van der Waals surface area contributed by atoms with Gasteiger partial charge in [-0.15, -0.1) is 0 Å². The zero-order valence-corrected chi connectivity index (χ0v) is 8.58. The lowest BCUT2D eigenvalue weighted by atomic mass is 10.1. The molecule has 0 aromatic carbocycles. The summed E-state index contributed by atoms with van der Waals surface area (Å²) in [6.45, 7) is 2.73. The van der Waals surface area contributed by atoms with Crippen molar-refractivity contribution < 1.29 is 9.47 Å². The lowest BCUT2D eigenvalue weighted by molar-refractivity contribution is -0.152. The molecule has 2 fully saturated rings. The summed E-state index contributed by atoms with van der Waals surface area (Å²) in [5.41, 5.74) is 0. The molecule has 0 aromatic heterocycles. The monoisotopic (exact) mass is 185 g/mol. The van der Waals surface area contributed by atoms with Crippen LogP contribution in [0.2, 0.25) is 0 Å². The predicted molar refractivity (Wildman–Crippen MR) is 50.5 cm³/mol. The van der Waals surface area contributed by atoms with E-state index in [1.807, 2.05) is 0 Å². The molecule has 13 heavy (non-hydrogen) atoms. The average molecular weight is 185 g/mol. The molecule has 0 radical (unpaired) electrons. The van der Waals surface area contributed by atoms with Crippen molar-refractivity contribution in [2.24, 2.45) is 5.92 Å². The summed E-state index contributed by atoms with van der Waals surface area (Å²) in [5, 5.41) is 0. The highest BCUT2D eigenvalue weighted by Gasteiger charge is 2.43. The van der Waals surface area contributed by atoms with Gasteiger partial charge in [0.25, 0.3) is 0 Å². The molecule has 0 N–H and O–H groups in total. The van der Waals surface area contributed by atoms with Crippen molar-refractivity contribution in [3.8, 4) is 0 Å². The normalized spacial score (nSPS) is 32.1. The largest absolute Gasteiger partial charge is 0.348 e. The van der Waals surface area contributed by atoms with E-state index in [1.54, 1.807) is 0 Å². The van der Waals surface area contributed by atoms with Gasteiger partial charge in [0.1, 0.15) is 0 Å². The SMILES string of the molecule is CN(C)CC1CCC2(C1)OCCO2. The summed E-state index contributed by atoms with van der Waals surface area (Å²) in [5.74, 6) is 0.578. The Balaban J connectivity index is 1.86. The summed E-state index contributed by atoms with van der Waals surface area (Å²) >= 11 is 0. The molecule has 76 valence electrons. The first-order valence-electron chi connectivity index (χ1n) is 5.13. The molecule has 1 saturated carbocycles. The molecule has 1 atom stereocenters. The average Bonchev–Trinajstić information content (AvgIpc) is 2.63. The lowest BCUT2D eigenvalue weighted by Gasteiger charge is -2.22. The molecule has 1 heterocycles. The molecular formula is C10H19NO2. The number of hydrogen-bond donors (Lipinski definition) is 0. The molecule has 2 aliphatic rings. The van der Waals surface area contributed by atoms with Gasteiger partial charge in [-0.25, -0.2) is 0 Å². The minimum Gasteiger partial charge on any atom is -0.348 e. The van der Waals surface area contributed by atoms with Gasteiger partial charge in [-0.1, -0.05) is 0 Å². The Morgan fingerprint density at radius 1 is 1.31 bits per heavy atom. The van der Waals surface area contributed by atoms with Crippen LogP contribution in [0.5, 0.6) is 0 Å². The third-order valence-electron chi connectivity index (χ3n) is 2.97. The lowest BCUT2D eigenvalue weighted by Crippen LogP contribution is -2.28. The first-order valence-corrected chi connectivity index (χ1v) is 5.13. The molecule has 1 unspecified atom stereocenters. The molecule has 1 saturated heterocycles. The second-order valence-corrected chi connectivity index (χ2v) is 4.48. The Labute approximate surface area is 80.0 Å². The van der Waals surface area contributed by atoms with Crippen molar-refractivity contribution in [2.75, 3.05) is 33.9 Å². The fourth-order valence-electron chi connectivity index (χ4n) is 2.50. The predicted octanol–water partition coefficient (Wildman–Crippen LogP) is 1.09. The van der Waals surface area contributed by atoms with E-state index in [4.69, 9.17) is 9.47 Å². The van der Waals surface area contributed by atoms with Gasteiger partial charge in [-0.05, 0) is 26.4 Å². The molecule has 0 aromatic rings. The van der Waals surface area contributed by atoms with Crippen LogP contribution < -0.4 is 0 Å². The van der Waals surface area contributed by atoms with Crippen LogP contribution >= 0.6 is 0 Å². The fourth-order valence-corrected chi connectivity index (χ4v) is 2.50. The van der Waals surface area contributed by atoms with Crippen LogP contribution in [-0.2, 0) is 9.47 Å². The van der Waals surface area contributed by atoms with Crippen molar-refractivity contribution >= 4 is 0 Å². The molecule has 0 amide bonds. The molecule has 2 rings (SSSR count). The van der Waals surface area contributed by atoms with Gasteiger partial charge in [0.2, 0.25) is 0 Å². The van der Waals surface area contributed by atoms with E-state index in [2.05, 4.69) is 19.0 Å². The van der Waals surface area contributed by atoms with Gasteiger partial charge in [-0.2, -0.15) is 0 Å². The quantitative estimate of drug-likeness (QED) is 0.643. The van der Waals surface area contributed by atoms with Crippen LogP contribution in [0.15, 0.2) is 0 Å². The van der Waals surface area contributed by atoms with Crippen LogP contribution in [0, 0.1) is 5.92 Å². The Bertz CT molecular complexity index is 176. The molecule has 0 bridgehead atoms. The van der Waals surface area contributed by atoms with Gasteiger partial charge in [-0.3, -0.25) is 0 Å². The van der Waals surface area contributed by atoms with Crippen LogP contribution in [0.1, 0.15) is 19.3 Å². The van der Waals surface area contributed by atoms with Crippen molar-refractivity contribution in [1.82, 2.24) is 4.90 Å². The van der Waals surface area contributed by atoms with Gasteiger partial charge < -0.3 is 14.4 Å². The maximum absolute atomic E-state index is 5.67. The van der Waals surface area contributed by atoms with Crippen molar-refractivity contribution in [2.45, 2.75) is 25.0 Å². The smallest absolute Gasteiger partial charge is 0.168 e. The van der Waals surface area contributed by atoms with Crippen LogP contribution in [-0.4, -0.2) is 44.5 Å². The zero-order chi connectivity index (χ0) is 9.31.